The SMILES string of the molecule is Cc1ccc(N(C)Cc2ccccc2)cc1C. The van der Waals surface area contributed by atoms with Crippen molar-refractivity contribution >= 4 is 5.69 Å². The topological polar surface area (TPSA) is 3.24 Å². The first-order valence-corrected chi connectivity index (χ1v) is 5.99. The van der Waals surface area contributed by atoms with E-state index in [1.54, 1.807) is 0 Å². The van der Waals surface area contributed by atoms with Crippen molar-refractivity contribution in [3.63, 3.8) is 0 Å². The fraction of sp³-hybridized carbons (Fsp3) is 0.250. The second-order valence-electron chi connectivity index (χ2n) is 4.61. The van der Waals surface area contributed by atoms with E-state index in [2.05, 4.69) is 74.3 Å². The third kappa shape index (κ3) is 2.88. The molecule has 17 heavy (non-hydrogen) atoms. The summed E-state index contributed by atoms with van der Waals surface area (Å²) in [4.78, 5) is 2.28. The van der Waals surface area contributed by atoms with Crippen molar-refractivity contribution in [2.45, 2.75) is 20.4 Å². The van der Waals surface area contributed by atoms with Crippen LogP contribution in [0.3, 0.4) is 0 Å². The molecule has 0 heterocycles. The third-order valence-electron chi connectivity index (χ3n) is 3.19. The number of nitrogens with zero attached hydrogens (tertiary/aromatic N) is 1. The normalized spacial score (nSPS) is 10.3. The van der Waals surface area contributed by atoms with Crippen LogP contribution in [0.4, 0.5) is 5.69 Å². The molecular weight excluding hydrogens is 206 g/mol. The van der Waals surface area contributed by atoms with Gasteiger partial charge in [0.2, 0.25) is 0 Å². The minimum atomic E-state index is 0.948. The molecule has 0 fully saturated rings. The lowest BCUT2D eigenvalue weighted by Crippen LogP contribution is -2.16. The highest BCUT2D eigenvalue weighted by atomic mass is 15.1. The van der Waals surface area contributed by atoms with Crippen LogP contribution in [0.5, 0.6) is 0 Å². The maximum atomic E-state index is 2.28. The van der Waals surface area contributed by atoms with Gasteiger partial charge in [0, 0.05) is 19.3 Å². The average Bonchev–Trinajstić information content (AvgIpc) is 2.34. The monoisotopic (exact) mass is 225 g/mol. The number of rotatable bonds is 3. The van der Waals surface area contributed by atoms with Gasteiger partial charge in [-0.2, -0.15) is 0 Å². The quantitative estimate of drug-likeness (QED) is 0.764. The second kappa shape index (κ2) is 5.05. The molecule has 2 aromatic rings. The number of hydrogen-bond donors (Lipinski definition) is 0. The zero-order valence-electron chi connectivity index (χ0n) is 10.8. The first kappa shape index (κ1) is 11.7. The molecule has 0 bridgehead atoms. The molecule has 0 saturated carbocycles. The molecule has 0 aliphatic rings. The Labute approximate surface area is 104 Å². The Hall–Kier alpha value is -1.76. The van der Waals surface area contributed by atoms with Gasteiger partial charge in [0.25, 0.3) is 0 Å². The van der Waals surface area contributed by atoms with Gasteiger partial charge >= 0.3 is 0 Å². The Morgan fingerprint density at radius 2 is 1.59 bits per heavy atom. The van der Waals surface area contributed by atoms with Crippen LogP contribution < -0.4 is 4.90 Å². The van der Waals surface area contributed by atoms with E-state index in [9.17, 15) is 0 Å². The largest absolute Gasteiger partial charge is 0.370 e. The summed E-state index contributed by atoms with van der Waals surface area (Å²) in [5, 5.41) is 0. The van der Waals surface area contributed by atoms with E-state index in [0.29, 0.717) is 0 Å². The van der Waals surface area contributed by atoms with Crippen LogP contribution in [0.25, 0.3) is 0 Å². The summed E-state index contributed by atoms with van der Waals surface area (Å²) in [6, 6.07) is 17.2. The van der Waals surface area contributed by atoms with E-state index in [1.807, 2.05) is 0 Å². The predicted molar refractivity (Wildman–Crippen MR) is 74.5 cm³/mol. The fourth-order valence-corrected chi connectivity index (χ4v) is 1.91. The van der Waals surface area contributed by atoms with Gasteiger partial charge in [-0.25, -0.2) is 0 Å². The number of aryl methyl sites for hydroxylation is 2. The molecule has 88 valence electrons. The van der Waals surface area contributed by atoms with Crippen LogP contribution in [0.15, 0.2) is 48.5 Å². The van der Waals surface area contributed by atoms with Crippen LogP contribution in [0.1, 0.15) is 16.7 Å². The Morgan fingerprint density at radius 3 is 2.24 bits per heavy atom. The molecule has 0 radical (unpaired) electrons. The van der Waals surface area contributed by atoms with Crippen LogP contribution >= 0.6 is 0 Å². The van der Waals surface area contributed by atoms with Crippen molar-refractivity contribution < 1.29 is 0 Å². The second-order valence-corrected chi connectivity index (χ2v) is 4.61. The highest BCUT2D eigenvalue weighted by Gasteiger charge is 2.03. The van der Waals surface area contributed by atoms with E-state index in [0.717, 1.165) is 6.54 Å². The van der Waals surface area contributed by atoms with Gasteiger partial charge in [0.05, 0.1) is 0 Å². The molecule has 0 aliphatic carbocycles. The smallest absolute Gasteiger partial charge is 0.0426 e. The van der Waals surface area contributed by atoms with Gasteiger partial charge in [-0.1, -0.05) is 36.4 Å². The van der Waals surface area contributed by atoms with Crippen LogP contribution in [0.2, 0.25) is 0 Å². The Kier molecular flexibility index (Phi) is 3.48. The summed E-state index contributed by atoms with van der Waals surface area (Å²) in [5.74, 6) is 0. The van der Waals surface area contributed by atoms with Crippen LogP contribution in [0, 0.1) is 13.8 Å². The lowest BCUT2D eigenvalue weighted by Gasteiger charge is -2.20. The zero-order chi connectivity index (χ0) is 12.3. The molecule has 1 heteroatoms. The molecule has 0 unspecified atom stereocenters. The van der Waals surface area contributed by atoms with Crippen molar-refractivity contribution in [1.29, 1.82) is 0 Å². The maximum Gasteiger partial charge on any atom is 0.0426 e. The number of anilines is 1. The van der Waals surface area contributed by atoms with E-state index < -0.39 is 0 Å². The van der Waals surface area contributed by atoms with Gasteiger partial charge in [-0.05, 0) is 42.7 Å². The Balaban J connectivity index is 2.14. The van der Waals surface area contributed by atoms with Gasteiger partial charge in [0.15, 0.2) is 0 Å². The summed E-state index contributed by atoms with van der Waals surface area (Å²) < 4.78 is 0. The summed E-state index contributed by atoms with van der Waals surface area (Å²) >= 11 is 0. The van der Waals surface area contributed by atoms with Gasteiger partial charge in [0.1, 0.15) is 0 Å². The number of benzene rings is 2. The summed E-state index contributed by atoms with van der Waals surface area (Å²) in [7, 11) is 2.14. The van der Waals surface area contributed by atoms with Gasteiger partial charge < -0.3 is 4.90 Å². The molecule has 0 aliphatic heterocycles. The van der Waals surface area contributed by atoms with E-state index >= 15 is 0 Å². The van der Waals surface area contributed by atoms with Crippen molar-refractivity contribution in [2.75, 3.05) is 11.9 Å². The standard InChI is InChI=1S/C16H19N/c1-13-9-10-16(11-14(13)2)17(3)12-15-7-5-4-6-8-15/h4-11H,12H2,1-3H3. The molecule has 0 aromatic heterocycles. The Morgan fingerprint density at radius 1 is 0.882 bits per heavy atom. The fourth-order valence-electron chi connectivity index (χ4n) is 1.91. The summed E-state index contributed by atoms with van der Waals surface area (Å²) in [6.45, 7) is 5.26. The van der Waals surface area contributed by atoms with Crippen molar-refractivity contribution in [3.8, 4) is 0 Å². The van der Waals surface area contributed by atoms with E-state index in [-0.39, 0.29) is 0 Å². The molecule has 0 spiro atoms. The van der Waals surface area contributed by atoms with E-state index in [1.165, 1.54) is 22.4 Å². The van der Waals surface area contributed by atoms with Crippen molar-refractivity contribution in [1.82, 2.24) is 0 Å². The molecule has 0 amide bonds. The first-order chi connectivity index (χ1) is 8.16. The minimum absolute atomic E-state index is 0.948. The van der Waals surface area contributed by atoms with Crippen LogP contribution in [-0.4, -0.2) is 7.05 Å². The Bertz CT molecular complexity index is 488. The van der Waals surface area contributed by atoms with Gasteiger partial charge in [-0.15, -0.1) is 0 Å². The number of hydrogen-bond acceptors (Lipinski definition) is 1. The molecule has 0 atom stereocenters. The first-order valence-electron chi connectivity index (χ1n) is 5.99. The molecule has 2 rings (SSSR count). The molecule has 0 N–H and O–H groups in total. The lowest BCUT2D eigenvalue weighted by atomic mass is 10.1. The zero-order valence-corrected chi connectivity index (χ0v) is 10.8. The molecule has 1 nitrogen and oxygen atoms in total. The van der Waals surface area contributed by atoms with Crippen LogP contribution in [-0.2, 0) is 6.54 Å². The van der Waals surface area contributed by atoms with Gasteiger partial charge in [-0.3, -0.25) is 0 Å². The van der Waals surface area contributed by atoms with Crippen molar-refractivity contribution in [3.05, 3.63) is 65.2 Å². The average molecular weight is 225 g/mol. The maximum absolute atomic E-state index is 2.28. The predicted octanol–water partition coefficient (Wildman–Crippen LogP) is 3.94. The third-order valence-corrected chi connectivity index (χ3v) is 3.19. The highest BCUT2D eigenvalue weighted by Crippen LogP contribution is 2.19. The lowest BCUT2D eigenvalue weighted by molar-refractivity contribution is 0.921. The van der Waals surface area contributed by atoms with Crippen molar-refractivity contribution in [2.24, 2.45) is 0 Å². The molecule has 0 saturated heterocycles. The molecule has 2 aromatic carbocycles. The summed E-state index contributed by atoms with van der Waals surface area (Å²) in [6.07, 6.45) is 0. The van der Waals surface area contributed by atoms with E-state index in [4.69, 9.17) is 0 Å². The minimum Gasteiger partial charge on any atom is -0.370 e. The highest BCUT2D eigenvalue weighted by molar-refractivity contribution is 5.50. The summed E-state index contributed by atoms with van der Waals surface area (Å²) in [5.41, 5.74) is 5.31. The molecular formula is C16H19N.